The minimum absolute atomic E-state index is 0.0238. The highest BCUT2D eigenvalue weighted by atomic mass is 35.5. The molecule has 2 amide bonds. The van der Waals surface area contributed by atoms with Crippen LogP contribution < -0.4 is 9.62 Å². The van der Waals surface area contributed by atoms with Crippen molar-refractivity contribution in [2.24, 2.45) is 0 Å². The van der Waals surface area contributed by atoms with E-state index < -0.39 is 28.5 Å². The number of carbonyl (C=O) groups is 2. The molecule has 0 saturated heterocycles. The van der Waals surface area contributed by atoms with Crippen molar-refractivity contribution >= 4 is 62.3 Å². The fourth-order valence-electron chi connectivity index (χ4n) is 4.87. The van der Waals surface area contributed by atoms with Gasteiger partial charge in [0.25, 0.3) is 10.0 Å². The van der Waals surface area contributed by atoms with Gasteiger partial charge < -0.3 is 10.2 Å². The number of rotatable bonds is 14. The van der Waals surface area contributed by atoms with Gasteiger partial charge in [-0.15, -0.1) is 0 Å². The Bertz CT molecular complexity index is 1740. The van der Waals surface area contributed by atoms with E-state index in [0.717, 1.165) is 28.3 Å². The van der Waals surface area contributed by atoms with Gasteiger partial charge in [0.05, 0.1) is 15.6 Å². The minimum atomic E-state index is -4.31. The van der Waals surface area contributed by atoms with E-state index in [0.29, 0.717) is 17.1 Å². The number of nitrogens with zero attached hydrogens (tertiary/aromatic N) is 2. The van der Waals surface area contributed by atoms with Crippen LogP contribution in [0, 0.1) is 6.92 Å². The fraction of sp³-hybridized carbons (Fsp3) is 0.257. The molecule has 4 aromatic rings. The molecule has 4 rings (SSSR count). The van der Waals surface area contributed by atoms with Crippen molar-refractivity contribution in [3.8, 4) is 0 Å². The number of aryl methyl sites for hydroxylation is 1. The third-order valence-electron chi connectivity index (χ3n) is 7.43. The molecule has 0 radical (unpaired) electrons. The molecule has 1 N–H and O–H groups in total. The van der Waals surface area contributed by atoms with Crippen molar-refractivity contribution in [2.75, 3.05) is 17.4 Å². The summed E-state index contributed by atoms with van der Waals surface area (Å²) in [6, 6.07) is 26.1. The first-order chi connectivity index (χ1) is 22.0. The maximum Gasteiger partial charge on any atom is 0.264 e. The summed E-state index contributed by atoms with van der Waals surface area (Å²) in [6.07, 6.45) is 1.86. The maximum atomic E-state index is 14.5. The predicted octanol–water partition coefficient (Wildman–Crippen LogP) is 7.71. The van der Waals surface area contributed by atoms with Gasteiger partial charge in [-0.2, -0.15) is 0 Å². The molecule has 242 valence electrons. The zero-order chi connectivity index (χ0) is 33.3. The highest BCUT2D eigenvalue weighted by molar-refractivity contribution is 7.92. The number of hydrogen-bond donors (Lipinski definition) is 1. The summed E-state index contributed by atoms with van der Waals surface area (Å²) in [4.78, 5) is 29.8. The first-order valence-corrected chi connectivity index (χ1v) is 17.5. The van der Waals surface area contributed by atoms with Gasteiger partial charge in [-0.05, 0) is 66.9 Å². The summed E-state index contributed by atoms with van der Waals surface area (Å²) in [5, 5.41) is 3.83. The van der Waals surface area contributed by atoms with Crippen LogP contribution in [0.1, 0.15) is 36.5 Å². The van der Waals surface area contributed by atoms with Crippen molar-refractivity contribution in [3.63, 3.8) is 0 Å². The van der Waals surface area contributed by atoms with Crippen LogP contribution in [0.25, 0.3) is 0 Å². The zero-order valence-corrected chi connectivity index (χ0v) is 28.7. The normalized spacial score (nSPS) is 11.9. The number of nitrogens with one attached hydrogen (secondary N) is 1. The van der Waals surface area contributed by atoms with E-state index in [1.807, 2.05) is 44.2 Å². The van der Waals surface area contributed by atoms with Crippen LogP contribution in [0.4, 0.5) is 5.69 Å². The Hall–Kier alpha value is -3.56. The van der Waals surface area contributed by atoms with Gasteiger partial charge in [-0.1, -0.05) is 108 Å². The molecular weight excluding hydrogens is 665 g/mol. The maximum absolute atomic E-state index is 14.5. The molecular formula is C35H36Cl3N3O4S. The van der Waals surface area contributed by atoms with Crippen LogP contribution in [0.15, 0.2) is 102 Å². The predicted molar refractivity (Wildman–Crippen MR) is 186 cm³/mol. The van der Waals surface area contributed by atoms with Gasteiger partial charge in [0.15, 0.2) is 0 Å². The standard InChI is InChI=1S/C35H36Cl3N3O4S/c1-3-4-20-39-35(43)33(21-26-8-6-5-7-9-26)40(23-27-12-14-28(36)15-13-27)34(42)24-41(32-22-29(37)16-19-31(32)38)46(44,45)30-17-10-25(2)11-18-30/h5-19,22,33H,3-4,20-21,23-24H2,1-2H3,(H,39,43)/t33-/m0/s1. The molecule has 11 heteroatoms. The number of benzene rings is 4. The number of hydrogen-bond acceptors (Lipinski definition) is 4. The lowest BCUT2D eigenvalue weighted by molar-refractivity contribution is -0.140. The van der Waals surface area contributed by atoms with Crippen molar-refractivity contribution in [2.45, 2.75) is 50.6 Å². The summed E-state index contributed by atoms with van der Waals surface area (Å²) >= 11 is 19.0. The Morgan fingerprint density at radius 3 is 2.13 bits per heavy atom. The molecule has 4 aromatic carbocycles. The number of unbranched alkanes of at least 4 members (excludes halogenated alkanes) is 1. The molecule has 0 spiro atoms. The van der Waals surface area contributed by atoms with Crippen molar-refractivity contribution in [3.05, 3.63) is 129 Å². The summed E-state index contributed by atoms with van der Waals surface area (Å²) in [5.41, 5.74) is 2.47. The Morgan fingerprint density at radius 2 is 1.48 bits per heavy atom. The second kappa shape index (κ2) is 16.3. The van der Waals surface area contributed by atoms with E-state index in [-0.39, 0.29) is 39.5 Å². The quantitative estimate of drug-likeness (QED) is 0.137. The summed E-state index contributed by atoms with van der Waals surface area (Å²) < 4.78 is 29.3. The van der Waals surface area contributed by atoms with Gasteiger partial charge >= 0.3 is 0 Å². The second-order valence-corrected chi connectivity index (χ2v) is 14.1. The van der Waals surface area contributed by atoms with Crippen LogP contribution in [0.2, 0.25) is 15.1 Å². The molecule has 46 heavy (non-hydrogen) atoms. The van der Waals surface area contributed by atoms with E-state index in [1.165, 1.54) is 35.2 Å². The van der Waals surface area contributed by atoms with Gasteiger partial charge in [0, 0.05) is 29.6 Å². The number of anilines is 1. The average Bonchev–Trinajstić information content (AvgIpc) is 3.04. The Morgan fingerprint density at radius 1 is 0.826 bits per heavy atom. The van der Waals surface area contributed by atoms with Crippen LogP contribution in [0.5, 0.6) is 0 Å². The summed E-state index contributed by atoms with van der Waals surface area (Å²) in [6.45, 7) is 3.69. The van der Waals surface area contributed by atoms with Crippen LogP contribution >= 0.6 is 34.8 Å². The van der Waals surface area contributed by atoms with Crippen molar-refractivity contribution in [1.29, 1.82) is 0 Å². The molecule has 0 bridgehead atoms. The molecule has 1 atom stereocenters. The molecule has 0 unspecified atom stereocenters. The number of halogens is 3. The molecule has 0 aliphatic carbocycles. The van der Waals surface area contributed by atoms with E-state index in [1.54, 1.807) is 36.4 Å². The Balaban J connectivity index is 1.81. The number of carbonyl (C=O) groups excluding carboxylic acids is 2. The van der Waals surface area contributed by atoms with E-state index in [4.69, 9.17) is 34.8 Å². The molecule has 7 nitrogen and oxygen atoms in total. The highest BCUT2D eigenvalue weighted by Gasteiger charge is 2.35. The first kappa shape index (κ1) is 35.3. The van der Waals surface area contributed by atoms with Gasteiger partial charge in [-0.3, -0.25) is 13.9 Å². The second-order valence-electron chi connectivity index (χ2n) is 10.9. The number of sulfonamides is 1. The van der Waals surface area contributed by atoms with Crippen LogP contribution in [0.3, 0.4) is 0 Å². The Labute approximate surface area is 286 Å². The fourth-order valence-corrected chi connectivity index (χ4v) is 6.86. The third kappa shape index (κ3) is 9.26. The average molecular weight is 701 g/mol. The van der Waals surface area contributed by atoms with Gasteiger partial charge in [0.2, 0.25) is 11.8 Å². The Kier molecular flexibility index (Phi) is 12.5. The smallest absolute Gasteiger partial charge is 0.264 e. The minimum Gasteiger partial charge on any atom is -0.354 e. The van der Waals surface area contributed by atoms with Crippen molar-refractivity contribution in [1.82, 2.24) is 10.2 Å². The van der Waals surface area contributed by atoms with Crippen molar-refractivity contribution < 1.29 is 18.0 Å². The highest BCUT2D eigenvalue weighted by Crippen LogP contribution is 2.33. The van der Waals surface area contributed by atoms with Gasteiger partial charge in [0.1, 0.15) is 12.6 Å². The third-order valence-corrected chi connectivity index (χ3v) is 10.0. The largest absolute Gasteiger partial charge is 0.354 e. The lowest BCUT2D eigenvalue weighted by atomic mass is 10.0. The van der Waals surface area contributed by atoms with Crippen LogP contribution in [-0.4, -0.2) is 44.3 Å². The lowest BCUT2D eigenvalue weighted by Crippen LogP contribution is -2.53. The molecule has 0 aromatic heterocycles. The molecule has 0 fully saturated rings. The summed E-state index contributed by atoms with van der Waals surface area (Å²) in [5.74, 6) is -0.943. The zero-order valence-electron chi connectivity index (χ0n) is 25.6. The molecule has 0 aliphatic heterocycles. The topological polar surface area (TPSA) is 86.8 Å². The summed E-state index contributed by atoms with van der Waals surface area (Å²) in [7, 11) is -4.31. The SMILES string of the molecule is CCCCNC(=O)[C@H](Cc1ccccc1)N(Cc1ccc(Cl)cc1)C(=O)CN(c1cc(Cl)ccc1Cl)S(=O)(=O)c1ccc(C)cc1. The number of amides is 2. The molecule has 0 heterocycles. The monoisotopic (exact) mass is 699 g/mol. The molecule has 0 saturated carbocycles. The van der Waals surface area contributed by atoms with E-state index >= 15 is 0 Å². The first-order valence-electron chi connectivity index (χ1n) is 14.9. The lowest BCUT2D eigenvalue weighted by Gasteiger charge is -2.34. The van der Waals surface area contributed by atoms with E-state index in [9.17, 15) is 18.0 Å². The molecule has 0 aliphatic rings. The van der Waals surface area contributed by atoms with E-state index in [2.05, 4.69) is 5.32 Å². The van der Waals surface area contributed by atoms with Gasteiger partial charge in [-0.25, -0.2) is 8.42 Å². The van der Waals surface area contributed by atoms with Crippen LogP contribution in [-0.2, 0) is 32.6 Å².